The average Bonchev–Trinajstić information content (AvgIpc) is 2.51. The molecule has 0 aliphatic carbocycles. The van der Waals surface area contributed by atoms with E-state index >= 15 is 0 Å². The second-order valence-corrected chi connectivity index (χ2v) is 6.58. The van der Waals surface area contributed by atoms with Crippen molar-refractivity contribution in [2.45, 2.75) is 41.2 Å². The fourth-order valence-corrected chi connectivity index (χ4v) is 3.25. The van der Waals surface area contributed by atoms with Crippen LogP contribution in [0.25, 0.3) is 11.1 Å². The van der Waals surface area contributed by atoms with Crippen LogP contribution in [0.1, 0.15) is 34.7 Å². The summed E-state index contributed by atoms with van der Waals surface area (Å²) in [6, 6.07) is 9.28. The van der Waals surface area contributed by atoms with Crippen molar-refractivity contribution in [3.63, 3.8) is 0 Å². The normalized spacial score (nSPS) is 10.9. The van der Waals surface area contributed by atoms with Crippen LogP contribution in [0.3, 0.4) is 0 Å². The van der Waals surface area contributed by atoms with Crippen LogP contribution in [0.2, 0.25) is 0 Å². The molecule has 0 fully saturated rings. The number of nitrogens with zero attached hydrogens (tertiary/aromatic N) is 1. The molecule has 2 nitrogen and oxygen atoms in total. The maximum atomic E-state index is 3.31. The SMILES string of the molecule is CCN(C)c1c(C)cc(-c2cc(C)c(C)c(C)c2)cc1CNC. The monoisotopic (exact) mass is 310 g/mol. The van der Waals surface area contributed by atoms with Gasteiger partial charge < -0.3 is 10.2 Å². The standard InChI is InChI=1S/C21H30N2/c1-8-23(7)21-16(4)11-19(12-20(21)13-22-6)18-9-14(2)17(5)15(3)10-18/h9-12,22H,8,13H2,1-7H3. The van der Waals surface area contributed by atoms with Crippen LogP contribution in [-0.2, 0) is 6.54 Å². The van der Waals surface area contributed by atoms with Crippen LogP contribution in [0.4, 0.5) is 5.69 Å². The third kappa shape index (κ3) is 3.59. The van der Waals surface area contributed by atoms with E-state index in [2.05, 4.69) is 76.1 Å². The zero-order valence-electron chi connectivity index (χ0n) is 15.7. The molecule has 0 saturated heterocycles. The molecule has 2 rings (SSSR count). The fraction of sp³-hybridized carbons (Fsp3) is 0.429. The lowest BCUT2D eigenvalue weighted by Crippen LogP contribution is -2.20. The van der Waals surface area contributed by atoms with Gasteiger partial charge >= 0.3 is 0 Å². The van der Waals surface area contributed by atoms with E-state index in [0.29, 0.717) is 0 Å². The summed E-state index contributed by atoms with van der Waals surface area (Å²) < 4.78 is 0. The third-order valence-corrected chi connectivity index (χ3v) is 4.86. The summed E-state index contributed by atoms with van der Waals surface area (Å²) in [7, 11) is 4.18. The minimum Gasteiger partial charge on any atom is -0.374 e. The first-order valence-corrected chi connectivity index (χ1v) is 8.46. The molecule has 0 aliphatic rings. The Balaban J connectivity index is 2.61. The van der Waals surface area contributed by atoms with Gasteiger partial charge in [-0.1, -0.05) is 12.1 Å². The Kier molecular flexibility index (Phi) is 5.48. The van der Waals surface area contributed by atoms with Gasteiger partial charge in [0.05, 0.1) is 0 Å². The molecule has 0 unspecified atom stereocenters. The van der Waals surface area contributed by atoms with E-state index in [1.54, 1.807) is 0 Å². The number of nitrogens with one attached hydrogen (secondary N) is 1. The molecule has 1 N–H and O–H groups in total. The lowest BCUT2D eigenvalue weighted by atomic mass is 9.93. The van der Waals surface area contributed by atoms with Crippen LogP contribution < -0.4 is 10.2 Å². The molecule has 2 aromatic carbocycles. The number of benzene rings is 2. The molecule has 124 valence electrons. The van der Waals surface area contributed by atoms with Crippen molar-refractivity contribution in [1.82, 2.24) is 5.32 Å². The Bertz CT molecular complexity index is 678. The lowest BCUT2D eigenvalue weighted by molar-refractivity contribution is 0.808. The second kappa shape index (κ2) is 7.18. The highest BCUT2D eigenvalue weighted by molar-refractivity contribution is 5.73. The predicted molar refractivity (Wildman–Crippen MR) is 103 cm³/mol. The summed E-state index contributed by atoms with van der Waals surface area (Å²) >= 11 is 0. The third-order valence-electron chi connectivity index (χ3n) is 4.86. The first-order chi connectivity index (χ1) is 10.9. The molecule has 0 spiro atoms. The number of hydrogen-bond acceptors (Lipinski definition) is 2. The highest BCUT2D eigenvalue weighted by Crippen LogP contribution is 2.32. The largest absolute Gasteiger partial charge is 0.374 e. The van der Waals surface area contributed by atoms with E-state index in [1.165, 1.54) is 44.6 Å². The molecule has 0 aliphatic heterocycles. The quantitative estimate of drug-likeness (QED) is 0.856. The van der Waals surface area contributed by atoms with Crippen molar-refractivity contribution < 1.29 is 0 Å². The van der Waals surface area contributed by atoms with Crippen molar-refractivity contribution in [3.05, 3.63) is 52.1 Å². The maximum absolute atomic E-state index is 3.31. The van der Waals surface area contributed by atoms with E-state index in [0.717, 1.165) is 13.1 Å². The predicted octanol–water partition coefficient (Wildman–Crippen LogP) is 4.76. The topological polar surface area (TPSA) is 15.3 Å². The second-order valence-electron chi connectivity index (χ2n) is 6.58. The van der Waals surface area contributed by atoms with Gasteiger partial charge in [0, 0.05) is 25.8 Å². The Morgan fingerprint density at radius 3 is 1.91 bits per heavy atom. The molecular weight excluding hydrogens is 280 g/mol. The highest BCUT2D eigenvalue weighted by atomic mass is 15.1. The van der Waals surface area contributed by atoms with Gasteiger partial charge in [0.2, 0.25) is 0 Å². The Morgan fingerprint density at radius 1 is 0.870 bits per heavy atom. The van der Waals surface area contributed by atoms with E-state index in [9.17, 15) is 0 Å². The molecule has 0 bridgehead atoms. The molecule has 2 heteroatoms. The minimum absolute atomic E-state index is 0.887. The van der Waals surface area contributed by atoms with Gasteiger partial charge in [-0.3, -0.25) is 0 Å². The van der Waals surface area contributed by atoms with E-state index < -0.39 is 0 Å². The highest BCUT2D eigenvalue weighted by Gasteiger charge is 2.13. The number of hydrogen-bond donors (Lipinski definition) is 1. The Morgan fingerprint density at radius 2 is 1.39 bits per heavy atom. The zero-order chi connectivity index (χ0) is 17.1. The molecule has 0 aromatic heterocycles. The van der Waals surface area contributed by atoms with Crippen LogP contribution in [-0.4, -0.2) is 20.6 Å². The van der Waals surface area contributed by atoms with Crippen LogP contribution in [0, 0.1) is 27.7 Å². The molecule has 2 aromatic rings. The van der Waals surface area contributed by atoms with Gasteiger partial charge in [-0.25, -0.2) is 0 Å². The van der Waals surface area contributed by atoms with E-state index in [-0.39, 0.29) is 0 Å². The molecule has 23 heavy (non-hydrogen) atoms. The molecule has 0 saturated carbocycles. The van der Waals surface area contributed by atoms with Crippen molar-refractivity contribution in [2.24, 2.45) is 0 Å². The van der Waals surface area contributed by atoms with Crippen molar-refractivity contribution in [2.75, 3.05) is 25.5 Å². The summed E-state index contributed by atoms with van der Waals surface area (Å²) in [5.41, 5.74) is 10.8. The van der Waals surface area contributed by atoms with Crippen LogP contribution in [0.15, 0.2) is 24.3 Å². The molecule has 0 heterocycles. The zero-order valence-corrected chi connectivity index (χ0v) is 15.7. The van der Waals surface area contributed by atoms with Crippen LogP contribution >= 0.6 is 0 Å². The van der Waals surface area contributed by atoms with Gasteiger partial charge in [0.15, 0.2) is 0 Å². The summed E-state index contributed by atoms with van der Waals surface area (Å²) in [6.45, 7) is 12.9. The lowest BCUT2D eigenvalue weighted by Gasteiger charge is -2.24. The Hall–Kier alpha value is -1.80. The summed E-state index contributed by atoms with van der Waals surface area (Å²) in [4.78, 5) is 2.33. The number of rotatable bonds is 5. The smallest absolute Gasteiger partial charge is 0.0439 e. The molecule has 0 radical (unpaired) electrons. The fourth-order valence-electron chi connectivity index (χ4n) is 3.25. The number of anilines is 1. The van der Waals surface area contributed by atoms with Crippen molar-refractivity contribution in [3.8, 4) is 11.1 Å². The van der Waals surface area contributed by atoms with Gasteiger partial charge in [-0.15, -0.1) is 0 Å². The van der Waals surface area contributed by atoms with Crippen LogP contribution in [0.5, 0.6) is 0 Å². The molecule has 0 amide bonds. The van der Waals surface area contributed by atoms with E-state index in [4.69, 9.17) is 0 Å². The Labute approximate surface area is 141 Å². The van der Waals surface area contributed by atoms with Crippen molar-refractivity contribution >= 4 is 5.69 Å². The van der Waals surface area contributed by atoms with Gasteiger partial charge in [0.25, 0.3) is 0 Å². The number of aryl methyl sites for hydroxylation is 3. The average molecular weight is 310 g/mol. The van der Waals surface area contributed by atoms with Crippen molar-refractivity contribution in [1.29, 1.82) is 0 Å². The minimum atomic E-state index is 0.887. The maximum Gasteiger partial charge on any atom is 0.0439 e. The summed E-state index contributed by atoms with van der Waals surface area (Å²) in [5, 5.41) is 3.31. The van der Waals surface area contributed by atoms with Gasteiger partial charge in [0.1, 0.15) is 0 Å². The van der Waals surface area contributed by atoms with E-state index in [1.807, 2.05) is 7.05 Å². The van der Waals surface area contributed by atoms with Gasteiger partial charge in [-0.2, -0.15) is 0 Å². The molecule has 0 atom stereocenters. The summed E-state index contributed by atoms with van der Waals surface area (Å²) in [6.07, 6.45) is 0. The molecular formula is C21H30N2. The summed E-state index contributed by atoms with van der Waals surface area (Å²) in [5.74, 6) is 0. The van der Waals surface area contributed by atoms with Gasteiger partial charge in [-0.05, 0) is 92.7 Å². The first-order valence-electron chi connectivity index (χ1n) is 8.46. The first kappa shape index (κ1) is 17.6.